The number of hydrogen-bond acceptors (Lipinski definition) is 4. The number of carbonyl (C=O) groups excluding carboxylic acids is 1. The van der Waals surface area contributed by atoms with E-state index in [-0.39, 0.29) is 18.1 Å². The van der Waals surface area contributed by atoms with E-state index in [9.17, 15) is 4.79 Å². The summed E-state index contributed by atoms with van der Waals surface area (Å²) in [6.45, 7) is 5.63. The second-order valence-electron chi connectivity index (χ2n) is 5.43. The van der Waals surface area contributed by atoms with E-state index in [1.54, 1.807) is 18.2 Å². The number of rotatable bonds is 4. The molecule has 6 nitrogen and oxygen atoms in total. The SMILES string of the molecule is CC(C)(C)OCC(=O)Nc1cccc(Cl)c1-n1cncn1. The van der Waals surface area contributed by atoms with Crippen molar-refractivity contribution in [3.63, 3.8) is 0 Å². The molecule has 1 amide bonds. The van der Waals surface area contributed by atoms with Gasteiger partial charge in [-0.3, -0.25) is 4.79 Å². The molecule has 0 saturated carbocycles. The van der Waals surface area contributed by atoms with Crippen LogP contribution in [0, 0.1) is 0 Å². The van der Waals surface area contributed by atoms with E-state index >= 15 is 0 Å². The van der Waals surface area contributed by atoms with Crippen molar-refractivity contribution in [1.82, 2.24) is 14.8 Å². The van der Waals surface area contributed by atoms with Gasteiger partial charge in [0.25, 0.3) is 0 Å². The van der Waals surface area contributed by atoms with Crippen LogP contribution >= 0.6 is 11.6 Å². The largest absolute Gasteiger partial charge is 0.366 e. The van der Waals surface area contributed by atoms with Gasteiger partial charge in [0.15, 0.2) is 0 Å². The number of carbonyl (C=O) groups is 1. The first-order chi connectivity index (χ1) is 9.87. The first-order valence-corrected chi connectivity index (χ1v) is 6.82. The molecule has 0 aliphatic carbocycles. The van der Waals surface area contributed by atoms with Gasteiger partial charge in [-0.1, -0.05) is 17.7 Å². The summed E-state index contributed by atoms with van der Waals surface area (Å²) in [6, 6.07) is 5.22. The zero-order valence-electron chi connectivity index (χ0n) is 12.1. The Labute approximate surface area is 128 Å². The van der Waals surface area contributed by atoms with Crippen molar-refractivity contribution >= 4 is 23.2 Å². The summed E-state index contributed by atoms with van der Waals surface area (Å²) in [6.07, 6.45) is 2.92. The third-order valence-corrected chi connectivity index (χ3v) is 2.85. The molecule has 7 heteroatoms. The van der Waals surface area contributed by atoms with Crippen LogP contribution in [0.1, 0.15) is 20.8 Å². The van der Waals surface area contributed by atoms with Gasteiger partial charge < -0.3 is 10.1 Å². The average molecular weight is 309 g/mol. The van der Waals surface area contributed by atoms with Crippen molar-refractivity contribution in [2.24, 2.45) is 0 Å². The fourth-order valence-electron chi connectivity index (χ4n) is 1.64. The second kappa shape index (κ2) is 6.24. The zero-order valence-corrected chi connectivity index (χ0v) is 12.9. The highest BCUT2D eigenvalue weighted by Gasteiger charge is 2.15. The highest BCUT2D eigenvalue weighted by atomic mass is 35.5. The zero-order chi connectivity index (χ0) is 15.5. The van der Waals surface area contributed by atoms with Crippen LogP contribution in [0.5, 0.6) is 0 Å². The van der Waals surface area contributed by atoms with E-state index in [0.717, 1.165) is 0 Å². The van der Waals surface area contributed by atoms with Gasteiger partial charge in [0.1, 0.15) is 24.9 Å². The number of anilines is 1. The lowest BCUT2D eigenvalue weighted by molar-refractivity contribution is -0.125. The fourth-order valence-corrected chi connectivity index (χ4v) is 1.90. The van der Waals surface area contributed by atoms with Gasteiger partial charge in [-0.15, -0.1) is 0 Å². The molecule has 21 heavy (non-hydrogen) atoms. The van der Waals surface area contributed by atoms with Crippen molar-refractivity contribution in [1.29, 1.82) is 0 Å². The molecule has 0 atom stereocenters. The van der Waals surface area contributed by atoms with Gasteiger partial charge in [0.05, 0.1) is 16.3 Å². The number of benzene rings is 1. The van der Waals surface area contributed by atoms with Gasteiger partial charge in [0, 0.05) is 0 Å². The molecule has 0 spiro atoms. The normalized spacial score (nSPS) is 11.4. The maximum atomic E-state index is 12.0. The monoisotopic (exact) mass is 308 g/mol. The summed E-state index contributed by atoms with van der Waals surface area (Å²) in [5.41, 5.74) is 0.747. The Morgan fingerprint density at radius 2 is 2.19 bits per heavy atom. The number of aromatic nitrogens is 3. The Morgan fingerprint density at radius 1 is 1.43 bits per heavy atom. The molecule has 0 bridgehead atoms. The standard InChI is InChI=1S/C14H17ClN4O2/c1-14(2,3)21-7-12(20)18-11-6-4-5-10(15)13(11)19-9-16-8-17-19/h4-6,8-9H,7H2,1-3H3,(H,18,20). The molecule has 1 aromatic carbocycles. The number of halogens is 1. The third kappa shape index (κ3) is 4.27. The Morgan fingerprint density at radius 3 is 2.81 bits per heavy atom. The first kappa shape index (κ1) is 15.5. The van der Waals surface area contributed by atoms with Crippen LogP contribution < -0.4 is 5.32 Å². The molecule has 2 rings (SSSR count). The molecule has 0 aliphatic rings. The summed E-state index contributed by atoms with van der Waals surface area (Å²) in [5.74, 6) is -0.256. The first-order valence-electron chi connectivity index (χ1n) is 6.44. The predicted octanol–water partition coefficient (Wildman–Crippen LogP) is 2.67. The van der Waals surface area contributed by atoms with Crippen molar-refractivity contribution in [3.05, 3.63) is 35.9 Å². The van der Waals surface area contributed by atoms with Gasteiger partial charge in [0.2, 0.25) is 5.91 Å². The van der Waals surface area contributed by atoms with Crippen molar-refractivity contribution in [2.45, 2.75) is 26.4 Å². The number of nitrogens with zero attached hydrogens (tertiary/aromatic N) is 3. The Balaban J connectivity index is 2.17. The molecule has 112 valence electrons. The highest BCUT2D eigenvalue weighted by Crippen LogP contribution is 2.27. The van der Waals surface area contributed by atoms with E-state index in [0.29, 0.717) is 16.4 Å². The van der Waals surface area contributed by atoms with Crippen LogP contribution in [0.25, 0.3) is 5.69 Å². The number of nitrogens with one attached hydrogen (secondary N) is 1. The van der Waals surface area contributed by atoms with Crippen molar-refractivity contribution in [2.75, 3.05) is 11.9 Å². The summed E-state index contributed by atoms with van der Waals surface area (Å²) in [5, 5.41) is 7.28. The maximum Gasteiger partial charge on any atom is 0.250 e. The molecular weight excluding hydrogens is 292 g/mol. The average Bonchev–Trinajstić information content (AvgIpc) is 2.89. The van der Waals surface area contributed by atoms with E-state index in [4.69, 9.17) is 16.3 Å². The van der Waals surface area contributed by atoms with Crippen LogP contribution in [0.15, 0.2) is 30.9 Å². The van der Waals surface area contributed by atoms with Gasteiger partial charge in [-0.05, 0) is 32.9 Å². The van der Waals surface area contributed by atoms with Gasteiger partial charge in [-0.2, -0.15) is 5.10 Å². The smallest absolute Gasteiger partial charge is 0.250 e. The second-order valence-corrected chi connectivity index (χ2v) is 5.83. The molecular formula is C14H17ClN4O2. The highest BCUT2D eigenvalue weighted by molar-refractivity contribution is 6.33. The lowest BCUT2D eigenvalue weighted by Gasteiger charge is -2.19. The summed E-state index contributed by atoms with van der Waals surface area (Å²) < 4.78 is 6.95. The Bertz CT molecular complexity index is 620. The lowest BCUT2D eigenvalue weighted by Crippen LogP contribution is -2.27. The summed E-state index contributed by atoms with van der Waals surface area (Å²) in [4.78, 5) is 15.9. The fraction of sp³-hybridized carbons (Fsp3) is 0.357. The van der Waals surface area contributed by atoms with Crippen molar-refractivity contribution < 1.29 is 9.53 Å². The molecule has 0 unspecified atom stereocenters. The van der Waals surface area contributed by atoms with E-state index in [1.165, 1.54) is 17.3 Å². The molecule has 0 radical (unpaired) electrons. The molecule has 0 saturated heterocycles. The number of hydrogen-bond donors (Lipinski definition) is 1. The van der Waals surface area contributed by atoms with Crippen molar-refractivity contribution in [3.8, 4) is 5.69 Å². The molecule has 1 heterocycles. The summed E-state index contributed by atoms with van der Waals surface area (Å²) in [7, 11) is 0. The maximum absolute atomic E-state index is 12.0. The third-order valence-electron chi connectivity index (χ3n) is 2.54. The molecule has 1 aromatic heterocycles. The van der Waals surface area contributed by atoms with Gasteiger partial charge in [-0.25, -0.2) is 9.67 Å². The van der Waals surface area contributed by atoms with Crippen LogP contribution in [0.3, 0.4) is 0 Å². The minimum atomic E-state index is -0.375. The molecule has 1 N–H and O–H groups in total. The Hall–Kier alpha value is -1.92. The Kier molecular flexibility index (Phi) is 4.59. The number of amides is 1. The summed E-state index contributed by atoms with van der Waals surface area (Å²) >= 11 is 6.18. The topological polar surface area (TPSA) is 69.0 Å². The van der Waals surface area contributed by atoms with E-state index in [2.05, 4.69) is 15.4 Å². The minimum Gasteiger partial charge on any atom is -0.366 e. The quantitative estimate of drug-likeness (QED) is 0.943. The lowest BCUT2D eigenvalue weighted by atomic mass is 10.2. The molecule has 0 fully saturated rings. The van der Waals surface area contributed by atoms with Crippen LogP contribution in [-0.2, 0) is 9.53 Å². The van der Waals surface area contributed by atoms with E-state index < -0.39 is 0 Å². The molecule has 2 aromatic rings. The number of ether oxygens (including phenoxy) is 1. The predicted molar refractivity (Wildman–Crippen MR) is 80.7 cm³/mol. The van der Waals surface area contributed by atoms with Crippen LogP contribution in [0.2, 0.25) is 5.02 Å². The number of para-hydroxylation sites is 1. The van der Waals surface area contributed by atoms with E-state index in [1.807, 2.05) is 20.8 Å². The molecule has 0 aliphatic heterocycles. The van der Waals surface area contributed by atoms with Crippen LogP contribution in [-0.4, -0.2) is 32.9 Å². The van der Waals surface area contributed by atoms with Crippen LogP contribution in [0.4, 0.5) is 5.69 Å². The minimum absolute atomic E-state index is 0.0349. The van der Waals surface area contributed by atoms with Gasteiger partial charge >= 0.3 is 0 Å².